The summed E-state index contributed by atoms with van der Waals surface area (Å²) >= 11 is 0. The van der Waals surface area contributed by atoms with E-state index >= 15 is 0 Å². The Morgan fingerprint density at radius 3 is 2.68 bits per heavy atom. The Kier molecular flexibility index (Phi) is 4.86. The fraction of sp³-hybridized carbons (Fsp3) is 0.318. The number of amides is 2. The van der Waals surface area contributed by atoms with E-state index < -0.39 is 0 Å². The molecule has 2 heterocycles. The Morgan fingerprint density at radius 2 is 1.93 bits per heavy atom. The number of nitrogens with one attached hydrogen (secondary N) is 1. The van der Waals surface area contributed by atoms with Gasteiger partial charge in [-0.15, -0.1) is 0 Å². The predicted octanol–water partition coefficient (Wildman–Crippen LogP) is 2.55. The zero-order valence-corrected chi connectivity index (χ0v) is 16.2. The van der Waals surface area contributed by atoms with Crippen molar-refractivity contribution in [3.8, 4) is 0 Å². The monoisotopic (exact) mass is 376 g/mol. The number of nitrogens with zero attached hydrogens (tertiary/aromatic N) is 3. The lowest BCUT2D eigenvalue weighted by Gasteiger charge is -2.17. The first-order chi connectivity index (χ1) is 13.5. The van der Waals surface area contributed by atoms with Gasteiger partial charge >= 0.3 is 0 Å². The maximum absolute atomic E-state index is 12.6. The van der Waals surface area contributed by atoms with Crippen LogP contribution >= 0.6 is 0 Å². The van der Waals surface area contributed by atoms with Gasteiger partial charge in [-0.3, -0.25) is 9.59 Å². The van der Waals surface area contributed by atoms with Crippen molar-refractivity contribution in [2.24, 2.45) is 13.0 Å². The summed E-state index contributed by atoms with van der Waals surface area (Å²) in [6.07, 6.45) is 0.264. The van der Waals surface area contributed by atoms with Gasteiger partial charge in [-0.2, -0.15) is 0 Å². The SMILES string of the molecule is Cc1ccc(CN2CC(C(=O)NCc3nc4ccccc4n3C)CC2=O)cc1. The summed E-state index contributed by atoms with van der Waals surface area (Å²) in [5, 5.41) is 2.95. The van der Waals surface area contributed by atoms with Gasteiger partial charge in [-0.1, -0.05) is 42.0 Å². The molecule has 1 atom stereocenters. The topological polar surface area (TPSA) is 67.2 Å². The third-order valence-corrected chi connectivity index (χ3v) is 5.38. The molecule has 3 aromatic rings. The van der Waals surface area contributed by atoms with Crippen molar-refractivity contribution in [3.63, 3.8) is 0 Å². The molecule has 1 unspecified atom stereocenters. The summed E-state index contributed by atoms with van der Waals surface area (Å²) in [5.41, 5.74) is 4.22. The van der Waals surface area contributed by atoms with Crippen LogP contribution in [-0.2, 0) is 29.7 Å². The molecule has 0 spiro atoms. The van der Waals surface area contributed by atoms with Crippen LogP contribution < -0.4 is 5.32 Å². The molecule has 1 aromatic heterocycles. The van der Waals surface area contributed by atoms with E-state index in [1.807, 2.05) is 67.1 Å². The lowest BCUT2D eigenvalue weighted by molar-refractivity contribution is -0.129. The Morgan fingerprint density at radius 1 is 1.18 bits per heavy atom. The third kappa shape index (κ3) is 3.63. The van der Waals surface area contributed by atoms with Gasteiger partial charge in [-0.25, -0.2) is 4.98 Å². The largest absolute Gasteiger partial charge is 0.349 e. The Bertz CT molecular complexity index is 1020. The van der Waals surface area contributed by atoms with E-state index in [1.54, 1.807) is 4.90 Å². The van der Waals surface area contributed by atoms with Gasteiger partial charge < -0.3 is 14.8 Å². The van der Waals surface area contributed by atoms with Crippen molar-refractivity contribution in [1.82, 2.24) is 19.8 Å². The van der Waals surface area contributed by atoms with Crippen LogP contribution in [0, 0.1) is 12.8 Å². The smallest absolute Gasteiger partial charge is 0.225 e. The third-order valence-electron chi connectivity index (χ3n) is 5.38. The average molecular weight is 376 g/mol. The van der Waals surface area contributed by atoms with Gasteiger partial charge in [0.1, 0.15) is 5.82 Å². The molecule has 1 aliphatic heterocycles. The molecule has 2 amide bonds. The van der Waals surface area contributed by atoms with Gasteiger partial charge in [0, 0.05) is 26.6 Å². The summed E-state index contributed by atoms with van der Waals surface area (Å²) in [4.78, 5) is 31.3. The van der Waals surface area contributed by atoms with E-state index in [0.29, 0.717) is 19.6 Å². The van der Waals surface area contributed by atoms with Crippen LogP contribution in [0.5, 0.6) is 0 Å². The number of fused-ring (bicyclic) bond motifs is 1. The van der Waals surface area contributed by atoms with Crippen molar-refractivity contribution in [1.29, 1.82) is 0 Å². The molecule has 4 rings (SSSR count). The van der Waals surface area contributed by atoms with Crippen LogP contribution in [0.2, 0.25) is 0 Å². The van der Waals surface area contributed by atoms with Crippen molar-refractivity contribution >= 4 is 22.8 Å². The number of hydrogen-bond donors (Lipinski definition) is 1. The number of carbonyl (C=O) groups excluding carboxylic acids is 2. The van der Waals surface area contributed by atoms with E-state index in [9.17, 15) is 9.59 Å². The summed E-state index contributed by atoms with van der Waals surface area (Å²) in [5.74, 6) is 0.429. The molecule has 6 heteroatoms. The first-order valence-corrected chi connectivity index (χ1v) is 9.52. The second-order valence-electron chi connectivity index (χ2n) is 7.45. The van der Waals surface area contributed by atoms with E-state index in [4.69, 9.17) is 0 Å². The minimum atomic E-state index is -0.312. The van der Waals surface area contributed by atoms with Crippen LogP contribution in [0.1, 0.15) is 23.4 Å². The quantitative estimate of drug-likeness (QED) is 0.744. The molecule has 144 valence electrons. The first-order valence-electron chi connectivity index (χ1n) is 9.52. The summed E-state index contributed by atoms with van der Waals surface area (Å²) < 4.78 is 1.99. The minimum absolute atomic E-state index is 0.0310. The second-order valence-corrected chi connectivity index (χ2v) is 7.45. The zero-order chi connectivity index (χ0) is 19.7. The summed E-state index contributed by atoms with van der Waals surface area (Å²) in [6.45, 7) is 3.40. The van der Waals surface area contributed by atoms with Crippen LogP contribution in [0.15, 0.2) is 48.5 Å². The number of para-hydroxylation sites is 2. The molecule has 28 heavy (non-hydrogen) atoms. The van der Waals surface area contributed by atoms with Crippen molar-refractivity contribution in [3.05, 3.63) is 65.5 Å². The number of carbonyl (C=O) groups is 2. The molecule has 0 bridgehead atoms. The second kappa shape index (κ2) is 7.46. The summed E-state index contributed by atoms with van der Waals surface area (Å²) in [7, 11) is 1.94. The molecule has 0 radical (unpaired) electrons. The standard InChI is InChI=1S/C22H24N4O2/c1-15-7-9-16(10-8-15)13-26-14-17(11-21(26)27)22(28)23-12-20-24-18-5-3-4-6-19(18)25(20)2/h3-10,17H,11-14H2,1-2H3,(H,23,28). The number of imidazole rings is 1. The minimum Gasteiger partial charge on any atom is -0.349 e. The maximum atomic E-state index is 12.6. The molecular formula is C22H24N4O2. The van der Waals surface area contributed by atoms with Gasteiger partial charge in [0.2, 0.25) is 11.8 Å². The van der Waals surface area contributed by atoms with Crippen LogP contribution in [0.25, 0.3) is 11.0 Å². The number of rotatable bonds is 5. The van der Waals surface area contributed by atoms with Gasteiger partial charge in [-0.05, 0) is 24.6 Å². The number of aryl methyl sites for hydroxylation is 2. The summed E-state index contributed by atoms with van der Waals surface area (Å²) in [6, 6.07) is 16.0. The lowest BCUT2D eigenvalue weighted by Crippen LogP contribution is -2.33. The predicted molar refractivity (Wildman–Crippen MR) is 107 cm³/mol. The number of hydrogen-bond acceptors (Lipinski definition) is 3. The normalized spacial score (nSPS) is 16.7. The molecule has 1 saturated heterocycles. The van der Waals surface area contributed by atoms with Crippen LogP contribution in [0.4, 0.5) is 0 Å². The molecular weight excluding hydrogens is 352 g/mol. The highest BCUT2D eigenvalue weighted by atomic mass is 16.2. The number of aromatic nitrogens is 2. The molecule has 1 fully saturated rings. The molecule has 6 nitrogen and oxygen atoms in total. The van der Waals surface area contributed by atoms with Crippen LogP contribution in [-0.4, -0.2) is 32.8 Å². The van der Waals surface area contributed by atoms with E-state index in [2.05, 4.69) is 10.3 Å². The highest BCUT2D eigenvalue weighted by Gasteiger charge is 2.34. The lowest BCUT2D eigenvalue weighted by atomic mass is 10.1. The number of benzene rings is 2. The molecule has 0 aliphatic carbocycles. The number of likely N-dealkylation sites (tertiary alicyclic amines) is 1. The van der Waals surface area contributed by atoms with Crippen molar-refractivity contribution < 1.29 is 9.59 Å². The fourth-order valence-electron chi connectivity index (χ4n) is 3.68. The Balaban J connectivity index is 1.36. The fourth-order valence-corrected chi connectivity index (χ4v) is 3.68. The van der Waals surface area contributed by atoms with E-state index in [0.717, 1.165) is 22.4 Å². The van der Waals surface area contributed by atoms with E-state index in [-0.39, 0.29) is 24.2 Å². The Hall–Kier alpha value is -3.15. The molecule has 2 aromatic carbocycles. The highest BCUT2D eigenvalue weighted by molar-refractivity contribution is 5.89. The van der Waals surface area contributed by atoms with Crippen LogP contribution in [0.3, 0.4) is 0 Å². The van der Waals surface area contributed by atoms with E-state index in [1.165, 1.54) is 5.56 Å². The maximum Gasteiger partial charge on any atom is 0.225 e. The first kappa shape index (κ1) is 18.2. The average Bonchev–Trinajstić information content (AvgIpc) is 3.22. The molecule has 1 N–H and O–H groups in total. The Labute approximate surface area is 164 Å². The zero-order valence-electron chi connectivity index (χ0n) is 16.2. The van der Waals surface area contributed by atoms with Crippen molar-refractivity contribution in [2.45, 2.75) is 26.4 Å². The van der Waals surface area contributed by atoms with Gasteiger partial charge in [0.15, 0.2) is 0 Å². The van der Waals surface area contributed by atoms with Gasteiger partial charge in [0.25, 0.3) is 0 Å². The highest BCUT2D eigenvalue weighted by Crippen LogP contribution is 2.21. The van der Waals surface area contributed by atoms with Crippen molar-refractivity contribution in [2.75, 3.05) is 6.54 Å². The molecule has 0 saturated carbocycles. The van der Waals surface area contributed by atoms with Gasteiger partial charge in [0.05, 0.1) is 23.5 Å². The molecule has 1 aliphatic rings.